The normalized spacial score (nSPS) is 31.7. The minimum atomic E-state index is -1.22. The quantitative estimate of drug-likeness (QED) is 0.388. The SMILES string of the molecule is NC(=S)c1ncn([C@H]2O[C@@H](CO)[C@@H](O)[C@@H]2O)c1N. The maximum atomic E-state index is 9.83. The first-order chi connectivity index (χ1) is 8.47. The molecular formula is C9H14N4O4S. The number of nitrogens with two attached hydrogens (primary N) is 2. The van der Waals surface area contributed by atoms with Crippen LogP contribution in [0.1, 0.15) is 11.9 Å². The van der Waals surface area contributed by atoms with Gasteiger partial charge in [0.2, 0.25) is 0 Å². The fraction of sp³-hybridized carbons (Fsp3) is 0.556. The molecule has 1 aromatic heterocycles. The number of aromatic nitrogens is 2. The highest BCUT2D eigenvalue weighted by atomic mass is 32.1. The third-order valence-electron chi connectivity index (χ3n) is 2.86. The van der Waals surface area contributed by atoms with E-state index in [1.165, 1.54) is 10.9 Å². The second-order valence-electron chi connectivity index (χ2n) is 3.98. The average Bonchev–Trinajstić information content (AvgIpc) is 2.82. The van der Waals surface area contributed by atoms with Gasteiger partial charge < -0.3 is 31.5 Å². The largest absolute Gasteiger partial charge is 0.394 e. The Balaban J connectivity index is 2.30. The molecule has 2 rings (SSSR count). The standard InChI is InChI=1S/C9H14N4O4S/c10-7-4(8(11)18)12-2-13(7)9-6(16)5(15)3(1-14)17-9/h2-3,5-6,9,14-16H,1,10H2,(H2,11,18)/t3-,5+,6-,9-/m0/s1. The summed E-state index contributed by atoms with van der Waals surface area (Å²) < 4.78 is 6.62. The van der Waals surface area contributed by atoms with Gasteiger partial charge in [-0.3, -0.25) is 4.57 Å². The number of hydrogen-bond acceptors (Lipinski definition) is 7. The lowest BCUT2D eigenvalue weighted by Gasteiger charge is -2.17. The zero-order valence-electron chi connectivity index (χ0n) is 9.30. The van der Waals surface area contributed by atoms with Crippen molar-refractivity contribution >= 4 is 23.0 Å². The molecule has 9 heteroatoms. The molecule has 7 N–H and O–H groups in total. The van der Waals surface area contributed by atoms with Crippen molar-refractivity contribution in [2.75, 3.05) is 12.3 Å². The molecule has 18 heavy (non-hydrogen) atoms. The molecule has 0 bridgehead atoms. The summed E-state index contributed by atoms with van der Waals surface area (Å²) in [4.78, 5) is 3.93. The summed E-state index contributed by atoms with van der Waals surface area (Å²) in [5.41, 5.74) is 11.4. The number of anilines is 1. The van der Waals surface area contributed by atoms with Gasteiger partial charge in [-0.25, -0.2) is 4.98 Å². The van der Waals surface area contributed by atoms with Gasteiger partial charge in [0.25, 0.3) is 0 Å². The van der Waals surface area contributed by atoms with Crippen LogP contribution in [0.25, 0.3) is 0 Å². The van der Waals surface area contributed by atoms with Crippen LogP contribution in [0.2, 0.25) is 0 Å². The van der Waals surface area contributed by atoms with Gasteiger partial charge in [0.05, 0.1) is 12.9 Å². The van der Waals surface area contributed by atoms with Crippen molar-refractivity contribution in [2.24, 2.45) is 5.73 Å². The molecular weight excluding hydrogens is 260 g/mol. The molecule has 0 saturated carbocycles. The summed E-state index contributed by atoms with van der Waals surface area (Å²) in [6, 6.07) is 0. The molecule has 100 valence electrons. The Morgan fingerprint density at radius 3 is 2.61 bits per heavy atom. The van der Waals surface area contributed by atoms with Gasteiger partial charge in [-0.2, -0.15) is 0 Å². The van der Waals surface area contributed by atoms with Crippen molar-refractivity contribution in [2.45, 2.75) is 24.5 Å². The molecule has 8 nitrogen and oxygen atoms in total. The summed E-state index contributed by atoms with van der Waals surface area (Å²) in [6.07, 6.45) is -2.93. The minimum Gasteiger partial charge on any atom is -0.394 e. The Kier molecular flexibility index (Phi) is 3.50. The smallest absolute Gasteiger partial charge is 0.165 e. The van der Waals surface area contributed by atoms with Crippen LogP contribution in [0, 0.1) is 0 Å². The number of ether oxygens (including phenoxy) is 1. The van der Waals surface area contributed by atoms with E-state index in [-0.39, 0.29) is 16.5 Å². The molecule has 0 amide bonds. The summed E-state index contributed by atoms with van der Waals surface area (Å²) in [5, 5.41) is 28.5. The van der Waals surface area contributed by atoms with Crippen LogP contribution in [0.3, 0.4) is 0 Å². The van der Waals surface area contributed by atoms with Crippen molar-refractivity contribution in [1.29, 1.82) is 0 Å². The molecule has 4 atom stereocenters. The Hall–Kier alpha value is -1.26. The lowest BCUT2D eigenvalue weighted by Crippen LogP contribution is -2.33. The van der Waals surface area contributed by atoms with E-state index >= 15 is 0 Å². The summed E-state index contributed by atoms with van der Waals surface area (Å²) in [5.74, 6) is 0.136. The third-order valence-corrected chi connectivity index (χ3v) is 3.05. The first-order valence-electron chi connectivity index (χ1n) is 5.22. The van der Waals surface area contributed by atoms with Crippen LogP contribution in [0.4, 0.5) is 5.82 Å². The van der Waals surface area contributed by atoms with Crippen LogP contribution in [-0.4, -0.2) is 54.8 Å². The number of thiocarbonyl (C=S) groups is 1. The molecule has 0 unspecified atom stereocenters. The number of imidazole rings is 1. The van der Waals surface area contributed by atoms with E-state index in [1.807, 2.05) is 0 Å². The first-order valence-corrected chi connectivity index (χ1v) is 5.62. The maximum Gasteiger partial charge on any atom is 0.165 e. The van der Waals surface area contributed by atoms with Gasteiger partial charge in [-0.05, 0) is 0 Å². The van der Waals surface area contributed by atoms with Gasteiger partial charge in [-0.1, -0.05) is 12.2 Å². The number of aliphatic hydroxyl groups excluding tert-OH is 3. The molecule has 0 radical (unpaired) electrons. The third kappa shape index (κ3) is 1.95. The minimum absolute atomic E-state index is 0.0259. The zero-order chi connectivity index (χ0) is 13.4. The van der Waals surface area contributed by atoms with E-state index in [0.29, 0.717) is 0 Å². The van der Waals surface area contributed by atoms with E-state index in [4.69, 9.17) is 33.5 Å². The van der Waals surface area contributed by atoms with Crippen molar-refractivity contribution in [1.82, 2.24) is 9.55 Å². The van der Waals surface area contributed by atoms with E-state index in [0.717, 1.165) is 0 Å². The molecule has 0 spiro atoms. The van der Waals surface area contributed by atoms with Crippen molar-refractivity contribution in [3.63, 3.8) is 0 Å². The molecule has 1 saturated heterocycles. The number of nitrogens with zero attached hydrogens (tertiary/aromatic N) is 2. The van der Waals surface area contributed by atoms with Gasteiger partial charge in [0.15, 0.2) is 6.23 Å². The zero-order valence-corrected chi connectivity index (χ0v) is 10.1. The molecule has 1 aliphatic rings. The van der Waals surface area contributed by atoms with Crippen molar-refractivity contribution in [3.8, 4) is 0 Å². The highest BCUT2D eigenvalue weighted by Gasteiger charge is 2.44. The van der Waals surface area contributed by atoms with Gasteiger partial charge in [0, 0.05) is 0 Å². The summed E-state index contributed by atoms with van der Waals surface area (Å²) in [6.45, 7) is -0.411. The monoisotopic (exact) mass is 274 g/mol. The highest BCUT2D eigenvalue weighted by molar-refractivity contribution is 7.80. The molecule has 1 aromatic rings. The Morgan fingerprint density at radius 2 is 2.17 bits per heavy atom. The van der Waals surface area contributed by atoms with E-state index in [9.17, 15) is 10.2 Å². The van der Waals surface area contributed by atoms with Crippen LogP contribution in [-0.2, 0) is 4.74 Å². The Labute approximate surface area is 108 Å². The van der Waals surface area contributed by atoms with Gasteiger partial charge in [0.1, 0.15) is 34.8 Å². The fourth-order valence-electron chi connectivity index (χ4n) is 1.87. The first kappa shape index (κ1) is 13.2. The van der Waals surface area contributed by atoms with E-state index < -0.39 is 31.1 Å². The van der Waals surface area contributed by atoms with Gasteiger partial charge in [-0.15, -0.1) is 0 Å². The van der Waals surface area contributed by atoms with Crippen LogP contribution >= 0.6 is 12.2 Å². The predicted molar refractivity (Wildman–Crippen MR) is 65.5 cm³/mol. The molecule has 1 fully saturated rings. The molecule has 0 aromatic carbocycles. The second-order valence-corrected chi connectivity index (χ2v) is 4.42. The lowest BCUT2D eigenvalue weighted by atomic mass is 10.1. The number of hydrogen-bond donors (Lipinski definition) is 5. The van der Waals surface area contributed by atoms with Crippen LogP contribution in [0.5, 0.6) is 0 Å². The summed E-state index contributed by atoms with van der Waals surface area (Å²) in [7, 11) is 0. The average molecular weight is 274 g/mol. The highest BCUT2D eigenvalue weighted by Crippen LogP contribution is 2.31. The second kappa shape index (κ2) is 4.78. The Bertz CT molecular complexity index is 465. The van der Waals surface area contributed by atoms with E-state index in [2.05, 4.69) is 4.98 Å². The fourth-order valence-corrected chi connectivity index (χ4v) is 2.03. The predicted octanol–water partition coefficient (Wildman–Crippen LogP) is -2.29. The van der Waals surface area contributed by atoms with E-state index in [1.54, 1.807) is 0 Å². The molecule has 2 heterocycles. The summed E-state index contributed by atoms with van der Waals surface area (Å²) >= 11 is 4.77. The maximum absolute atomic E-state index is 9.83. The number of nitrogen functional groups attached to an aromatic ring is 1. The topological polar surface area (TPSA) is 140 Å². The van der Waals surface area contributed by atoms with Gasteiger partial charge >= 0.3 is 0 Å². The van der Waals surface area contributed by atoms with Crippen LogP contribution in [0.15, 0.2) is 6.33 Å². The number of rotatable bonds is 3. The van der Waals surface area contributed by atoms with Crippen molar-refractivity contribution < 1.29 is 20.1 Å². The lowest BCUT2D eigenvalue weighted by molar-refractivity contribution is -0.0517. The molecule has 1 aliphatic heterocycles. The molecule has 0 aliphatic carbocycles. The number of aliphatic hydroxyl groups is 3. The van der Waals surface area contributed by atoms with Crippen LogP contribution < -0.4 is 11.5 Å². The van der Waals surface area contributed by atoms with Crippen molar-refractivity contribution in [3.05, 3.63) is 12.0 Å². The Morgan fingerprint density at radius 1 is 1.50 bits per heavy atom.